The van der Waals surface area contributed by atoms with Gasteiger partial charge < -0.3 is 10.1 Å². The Morgan fingerprint density at radius 1 is 1.37 bits per heavy atom. The van der Waals surface area contributed by atoms with Gasteiger partial charge in [0.05, 0.1) is 0 Å². The summed E-state index contributed by atoms with van der Waals surface area (Å²) in [6.07, 6.45) is 3.18. The Morgan fingerprint density at radius 3 is 2.74 bits per heavy atom. The highest BCUT2D eigenvalue weighted by atomic mass is 32.2. The summed E-state index contributed by atoms with van der Waals surface area (Å²) < 4.78 is 6.32. The molecule has 0 saturated carbocycles. The number of rotatable bonds is 4. The summed E-state index contributed by atoms with van der Waals surface area (Å²) in [5, 5.41) is 3.72. The van der Waals surface area contributed by atoms with Gasteiger partial charge in [-0.05, 0) is 40.0 Å². The van der Waals surface area contributed by atoms with Crippen molar-refractivity contribution in [3.05, 3.63) is 29.8 Å². The Morgan fingerprint density at radius 2 is 2.05 bits per heavy atom. The maximum atomic E-state index is 6.06. The predicted octanol–water partition coefficient (Wildman–Crippen LogP) is 4.02. The second-order valence-corrected chi connectivity index (χ2v) is 8.01. The van der Waals surface area contributed by atoms with Gasteiger partial charge in [0.25, 0.3) is 0 Å². The van der Waals surface area contributed by atoms with Crippen LogP contribution < -0.4 is 10.1 Å². The summed E-state index contributed by atoms with van der Waals surface area (Å²) in [6.45, 7) is 9.89. The third kappa shape index (κ3) is 3.67. The molecule has 1 aromatic rings. The van der Waals surface area contributed by atoms with Crippen LogP contribution in [-0.2, 0) is 0 Å². The first-order chi connectivity index (χ1) is 8.83. The number of hydrogen-bond donors (Lipinski definition) is 1. The Balaban J connectivity index is 2.16. The Hall–Kier alpha value is -0.670. The highest BCUT2D eigenvalue weighted by Crippen LogP contribution is 2.39. The van der Waals surface area contributed by atoms with E-state index in [1.807, 2.05) is 17.8 Å². The number of fused-ring (bicyclic) bond motifs is 1. The average Bonchev–Trinajstić information content (AvgIpc) is 2.35. The maximum absolute atomic E-state index is 6.06. The molecular weight excluding hydrogens is 254 g/mol. The first-order valence-corrected chi connectivity index (χ1v) is 8.12. The largest absolute Gasteiger partial charge is 0.487 e. The summed E-state index contributed by atoms with van der Waals surface area (Å²) >= 11 is 1.90. The number of benzene rings is 1. The fourth-order valence-corrected chi connectivity index (χ4v) is 2.65. The zero-order valence-electron chi connectivity index (χ0n) is 12.6. The van der Waals surface area contributed by atoms with Gasteiger partial charge in [0.1, 0.15) is 11.4 Å². The Kier molecular flexibility index (Phi) is 4.17. The van der Waals surface area contributed by atoms with Crippen LogP contribution in [0.1, 0.15) is 45.7 Å². The molecule has 1 unspecified atom stereocenters. The van der Waals surface area contributed by atoms with Crippen LogP contribution in [0.25, 0.3) is 0 Å². The molecule has 0 saturated heterocycles. The van der Waals surface area contributed by atoms with E-state index < -0.39 is 0 Å². The van der Waals surface area contributed by atoms with E-state index in [0.29, 0.717) is 6.04 Å². The van der Waals surface area contributed by atoms with Crippen molar-refractivity contribution in [1.29, 1.82) is 0 Å². The van der Waals surface area contributed by atoms with Crippen LogP contribution in [0.3, 0.4) is 0 Å². The van der Waals surface area contributed by atoms with Gasteiger partial charge in [-0.3, -0.25) is 0 Å². The van der Waals surface area contributed by atoms with Gasteiger partial charge >= 0.3 is 0 Å². The first-order valence-electron chi connectivity index (χ1n) is 6.89. The summed E-state index contributed by atoms with van der Waals surface area (Å²) in [7, 11) is 0. The van der Waals surface area contributed by atoms with Crippen LogP contribution in [0.2, 0.25) is 0 Å². The lowest BCUT2D eigenvalue weighted by molar-refractivity contribution is 0.0657. The molecule has 19 heavy (non-hydrogen) atoms. The summed E-state index contributed by atoms with van der Waals surface area (Å²) in [5.74, 6) is 1.03. The van der Waals surface area contributed by atoms with Crippen molar-refractivity contribution in [3.8, 4) is 5.75 Å². The fraction of sp³-hybridized carbons (Fsp3) is 0.625. The van der Waals surface area contributed by atoms with Gasteiger partial charge in [0.15, 0.2) is 0 Å². The minimum Gasteiger partial charge on any atom is -0.487 e. The van der Waals surface area contributed by atoms with Crippen LogP contribution in [0.15, 0.2) is 24.3 Å². The lowest BCUT2D eigenvalue weighted by atomic mass is 9.89. The first kappa shape index (κ1) is 14.7. The number of para-hydroxylation sites is 1. The molecule has 0 bridgehead atoms. The van der Waals surface area contributed by atoms with E-state index in [1.165, 1.54) is 5.56 Å². The molecule has 106 valence electrons. The van der Waals surface area contributed by atoms with Gasteiger partial charge in [-0.2, -0.15) is 11.8 Å². The fourth-order valence-electron chi connectivity index (χ4n) is 2.43. The summed E-state index contributed by atoms with van der Waals surface area (Å²) in [5.41, 5.74) is 1.19. The molecule has 1 aliphatic rings. The summed E-state index contributed by atoms with van der Waals surface area (Å²) in [4.78, 5) is 0. The van der Waals surface area contributed by atoms with Crippen molar-refractivity contribution >= 4 is 11.8 Å². The molecule has 3 heteroatoms. The van der Waals surface area contributed by atoms with Crippen LogP contribution >= 0.6 is 11.8 Å². The van der Waals surface area contributed by atoms with Gasteiger partial charge in [-0.15, -0.1) is 0 Å². The van der Waals surface area contributed by atoms with E-state index in [1.54, 1.807) is 0 Å². The van der Waals surface area contributed by atoms with E-state index in [-0.39, 0.29) is 10.3 Å². The highest BCUT2D eigenvalue weighted by molar-refractivity contribution is 7.99. The van der Waals surface area contributed by atoms with E-state index >= 15 is 0 Å². The third-order valence-electron chi connectivity index (χ3n) is 3.70. The zero-order chi connectivity index (χ0) is 14.1. The third-order valence-corrected chi connectivity index (χ3v) is 4.95. The van der Waals surface area contributed by atoms with Crippen LogP contribution in [0, 0.1) is 0 Å². The molecule has 2 nitrogen and oxygen atoms in total. The van der Waals surface area contributed by atoms with Gasteiger partial charge in [-0.25, -0.2) is 0 Å². The highest BCUT2D eigenvalue weighted by Gasteiger charge is 2.33. The Bertz CT molecular complexity index is 442. The molecule has 0 radical (unpaired) electrons. The molecule has 0 amide bonds. The van der Waals surface area contributed by atoms with Gasteiger partial charge in [-0.1, -0.05) is 18.2 Å². The average molecular weight is 279 g/mol. The molecule has 1 atom stereocenters. The zero-order valence-corrected chi connectivity index (χ0v) is 13.4. The van der Waals surface area contributed by atoms with Crippen molar-refractivity contribution in [2.24, 2.45) is 0 Å². The standard InChI is InChI=1S/C16H25NOS/c1-15(2)10-13(17-11-16(3,4)19-5)12-8-6-7-9-14(12)18-15/h6-9,13,17H,10-11H2,1-5H3. The van der Waals surface area contributed by atoms with Crippen molar-refractivity contribution in [2.75, 3.05) is 12.8 Å². The normalized spacial score (nSPS) is 21.6. The molecule has 1 aromatic carbocycles. The SMILES string of the molecule is CSC(C)(C)CNC1CC(C)(C)Oc2ccccc21. The molecule has 1 N–H and O–H groups in total. The summed E-state index contributed by atoms with van der Waals surface area (Å²) in [6, 6.07) is 8.77. The quantitative estimate of drug-likeness (QED) is 0.899. The lowest BCUT2D eigenvalue weighted by Gasteiger charge is -2.39. The van der Waals surface area contributed by atoms with Crippen LogP contribution in [-0.4, -0.2) is 23.1 Å². The van der Waals surface area contributed by atoms with Gasteiger partial charge in [0, 0.05) is 29.3 Å². The molecule has 0 spiro atoms. The van der Waals surface area contributed by atoms with Crippen LogP contribution in [0.5, 0.6) is 5.75 Å². The maximum Gasteiger partial charge on any atom is 0.124 e. The topological polar surface area (TPSA) is 21.3 Å². The number of ether oxygens (including phenoxy) is 1. The molecule has 2 rings (SSSR count). The molecule has 0 fully saturated rings. The monoisotopic (exact) mass is 279 g/mol. The van der Waals surface area contributed by atoms with E-state index in [2.05, 4.69) is 57.5 Å². The van der Waals surface area contributed by atoms with Crippen LogP contribution in [0.4, 0.5) is 0 Å². The van der Waals surface area contributed by atoms with E-state index in [4.69, 9.17) is 4.74 Å². The van der Waals surface area contributed by atoms with Crippen molar-refractivity contribution in [2.45, 2.75) is 50.5 Å². The number of thioether (sulfide) groups is 1. The second-order valence-electron chi connectivity index (χ2n) is 6.50. The molecule has 1 aliphatic heterocycles. The minimum absolute atomic E-state index is 0.102. The second kappa shape index (κ2) is 5.37. The number of hydrogen-bond acceptors (Lipinski definition) is 3. The smallest absolute Gasteiger partial charge is 0.124 e. The van der Waals surface area contributed by atoms with Gasteiger partial charge in [0.2, 0.25) is 0 Å². The predicted molar refractivity (Wildman–Crippen MR) is 84.1 cm³/mol. The van der Waals surface area contributed by atoms with Crippen molar-refractivity contribution < 1.29 is 4.74 Å². The molecule has 1 heterocycles. The number of nitrogens with one attached hydrogen (secondary N) is 1. The van der Waals surface area contributed by atoms with Crippen molar-refractivity contribution in [3.63, 3.8) is 0 Å². The Labute approximate surface area is 121 Å². The molecule has 0 aliphatic carbocycles. The molecule has 0 aromatic heterocycles. The lowest BCUT2D eigenvalue weighted by Crippen LogP contribution is -2.42. The van der Waals surface area contributed by atoms with Crippen molar-refractivity contribution in [1.82, 2.24) is 5.32 Å². The van der Waals surface area contributed by atoms with E-state index in [9.17, 15) is 0 Å². The molecular formula is C16H25NOS. The minimum atomic E-state index is -0.102. The van der Waals surface area contributed by atoms with E-state index in [0.717, 1.165) is 18.7 Å².